The fourth-order valence-electron chi connectivity index (χ4n) is 3.46. The molecule has 136 valence electrons. The van der Waals surface area contributed by atoms with Gasteiger partial charge in [0.15, 0.2) is 0 Å². The van der Waals surface area contributed by atoms with Gasteiger partial charge in [0.25, 0.3) is 5.56 Å². The van der Waals surface area contributed by atoms with E-state index >= 15 is 0 Å². The van der Waals surface area contributed by atoms with Gasteiger partial charge in [-0.05, 0) is 47.7 Å². The summed E-state index contributed by atoms with van der Waals surface area (Å²) in [5.41, 5.74) is 6.50. The summed E-state index contributed by atoms with van der Waals surface area (Å²) in [6, 6.07) is 18.0. The molecule has 2 heterocycles. The first-order valence-corrected chi connectivity index (χ1v) is 9.07. The molecule has 4 nitrogen and oxygen atoms in total. The van der Waals surface area contributed by atoms with E-state index < -0.39 is 0 Å². The second kappa shape index (κ2) is 6.88. The summed E-state index contributed by atoms with van der Waals surface area (Å²) in [5, 5.41) is 0. The summed E-state index contributed by atoms with van der Waals surface area (Å²) in [7, 11) is 1.75. The average Bonchev–Trinajstić information content (AvgIpc) is 3.14. The van der Waals surface area contributed by atoms with E-state index in [2.05, 4.69) is 44.2 Å². The van der Waals surface area contributed by atoms with E-state index in [1.165, 1.54) is 11.1 Å². The van der Waals surface area contributed by atoms with Gasteiger partial charge in [-0.1, -0.05) is 42.5 Å². The van der Waals surface area contributed by atoms with Crippen molar-refractivity contribution in [2.75, 3.05) is 6.61 Å². The standard InChI is InChI=1S/C23H22N2O2/c1-15-5-4-6-16(2)22(15)23-24-20(14-27-23)18-9-7-17(8-10-18)19-11-12-25(3)21(26)13-19/h4-13,20H,14H2,1-3H3. The maximum Gasteiger partial charge on any atom is 0.250 e. The van der Waals surface area contributed by atoms with Crippen LogP contribution < -0.4 is 5.56 Å². The quantitative estimate of drug-likeness (QED) is 0.705. The van der Waals surface area contributed by atoms with Crippen LogP contribution in [0.2, 0.25) is 0 Å². The van der Waals surface area contributed by atoms with Crippen LogP contribution in [0.4, 0.5) is 0 Å². The van der Waals surface area contributed by atoms with Gasteiger partial charge in [0.05, 0.1) is 0 Å². The van der Waals surface area contributed by atoms with Gasteiger partial charge >= 0.3 is 0 Å². The lowest BCUT2D eigenvalue weighted by molar-refractivity contribution is 0.319. The zero-order chi connectivity index (χ0) is 19.0. The first kappa shape index (κ1) is 17.3. The topological polar surface area (TPSA) is 43.6 Å². The number of aliphatic imine (C=N–C) groups is 1. The van der Waals surface area contributed by atoms with Crippen LogP contribution in [0.5, 0.6) is 0 Å². The predicted molar refractivity (Wildman–Crippen MR) is 108 cm³/mol. The molecule has 27 heavy (non-hydrogen) atoms. The normalized spacial score (nSPS) is 16.1. The monoisotopic (exact) mass is 358 g/mol. The Labute approximate surface area is 158 Å². The van der Waals surface area contributed by atoms with Gasteiger partial charge in [-0.25, -0.2) is 4.99 Å². The molecule has 0 spiro atoms. The van der Waals surface area contributed by atoms with Gasteiger partial charge in [0.1, 0.15) is 12.6 Å². The number of benzene rings is 2. The Hall–Kier alpha value is -3.14. The maximum absolute atomic E-state index is 11.8. The van der Waals surface area contributed by atoms with Crippen LogP contribution in [0, 0.1) is 13.8 Å². The van der Waals surface area contributed by atoms with E-state index in [1.54, 1.807) is 23.9 Å². The minimum Gasteiger partial charge on any atom is -0.475 e. The van der Waals surface area contributed by atoms with Crippen molar-refractivity contribution in [1.29, 1.82) is 0 Å². The number of nitrogens with zero attached hydrogens (tertiary/aromatic N) is 2. The molecular formula is C23H22N2O2. The molecule has 0 aliphatic carbocycles. The lowest BCUT2D eigenvalue weighted by Crippen LogP contribution is -2.14. The van der Waals surface area contributed by atoms with Crippen molar-refractivity contribution >= 4 is 5.90 Å². The number of hydrogen-bond donors (Lipinski definition) is 0. The van der Waals surface area contributed by atoms with Gasteiger partial charge in [-0.3, -0.25) is 4.79 Å². The van der Waals surface area contributed by atoms with Gasteiger partial charge < -0.3 is 9.30 Å². The Kier molecular flexibility index (Phi) is 4.40. The zero-order valence-electron chi connectivity index (χ0n) is 15.8. The molecule has 0 fully saturated rings. The maximum atomic E-state index is 11.8. The van der Waals surface area contributed by atoms with Crippen LogP contribution in [-0.4, -0.2) is 17.1 Å². The second-order valence-electron chi connectivity index (χ2n) is 7.01. The SMILES string of the molecule is Cc1cccc(C)c1C1=NC(c2ccc(-c3ccn(C)c(=O)c3)cc2)CO1. The molecule has 3 aromatic rings. The lowest BCUT2D eigenvalue weighted by atomic mass is 10.0. The molecule has 0 saturated heterocycles. The molecular weight excluding hydrogens is 336 g/mol. The summed E-state index contributed by atoms with van der Waals surface area (Å²) < 4.78 is 7.48. The van der Waals surface area contributed by atoms with Crippen molar-refractivity contribution in [2.45, 2.75) is 19.9 Å². The molecule has 0 bridgehead atoms. The fourth-order valence-corrected chi connectivity index (χ4v) is 3.46. The van der Waals surface area contributed by atoms with Crippen molar-refractivity contribution in [1.82, 2.24) is 4.57 Å². The number of ether oxygens (including phenoxy) is 1. The summed E-state index contributed by atoms with van der Waals surface area (Å²) in [4.78, 5) is 16.7. The molecule has 1 aliphatic rings. The van der Waals surface area contributed by atoms with Crippen molar-refractivity contribution in [2.24, 2.45) is 12.0 Å². The molecule has 1 atom stereocenters. The molecule has 0 radical (unpaired) electrons. The number of rotatable bonds is 3. The number of aromatic nitrogens is 1. The van der Waals surface area contributed by atoms with Gasteiger partial charge in [-0.2, -0.15) is 0 Å². The van der Waals surface area contributed by atoms with Gasteiger partial charge in [0, 0.05) is 24.9 Å². The van der Waals surface area contributed by atoms with E-state index in [0.717, 1.165) is 28.2 Å². The highest BCUT2D eigenvalue weighted by Crippen LogP contribution is 2.29. The van der Waals surface area contributed by atoms with Crippen LogP contribution in [0.1, 0.15) is 28.3 Å². The molecule has 0 amide bonds. The first-order valence-electron chi connectivity index (χ1n) is 9.07. The molecule has 4 heteroatoms. The van der Waals surface area contributed by atoms with Crippen molar-refractivity contribution in [3.8, 4) is 11.1 Å². The smallest absolute Gasteiger partial charge is 0.250 e. The summed E-state index contributed by atoms with van der Waals surface area (Å²) in [6.45, 7) is 4.72. The first-order chi connectivity index (χ1) is 13.0. The van der Waals surface area contributed by atoms with Crippen LogP contribution in [0.25, 0.3) is 11.1 Å². The Morgan fingerprint density at radius 3 is 2.37 bits per heavy atom. The van der Waals surface area contributed by atoms with Crippen LogP contribution in [-0.2, 0) is 11.8 Å². The van der Waals surface area contributed by atoms with Crippen LogP contribution >= 0.6 is 0 Å². The Morgan fingerprint density at radius 1 is 1.00 bits per heavy atom. The lowest BCUT2D eigenvalue weighted by Gasteiger charge is -2.08. The Bertz CT molecular complexity index is 1060. The molecule has 0 N–H and O–H groups in total. The number of aryl methyl sites for hydroxylation is 3. The van der Waals surface area contributed by atoms with Crippen LogP contribution in [0.15, 0.2) is 70.6 Å². The Morgan fingerprint density at radius 2 is 1.70 bits per heavy atom. The molecule has 2 aromatic carbocycles. The molecule has 1 aliphatic heterocycles. The van der Waals surface area contributed by atoms with E-state index in [-0.39, 0.29) is 11.6 Å². The number of pyridine rings is 1. The highest BCUT2D eigenvalue weighted by atomic mass is 16.5. The van der Waals surface area contributed by atoms with Crippen molar-refractivity contribution in [3.63, 3.8) is 0 Å². The zero-order valence-corrected chi connectivity index (χ0v) is 15.8. The third-order valence-electron chi connectivity index (χ3n) is 5.08. The second-order valence-corrected chi connectivity index (χ2v) is 7.01. The number of hydrogen-bond acceptors (Lipinski definition) is 3. The molecule has 0 saturated carbocycles. The predicted octanol–water partition coefficient (Wildman–Crippen LogP) is 4.19. The van der Waals surface area contributed by atoms with Gasteiger partial charge in [-0.15, -0.1) is 0 Å². The third kappa shape index (κ3) is 3.31. The van der Waals surface area contributed by atoms with E-state index in [1.807, 2.05) is 18.2 Å². The van der Waals surface area contributed by atoms with Gasteiger partial charge in [0.2, 0.25) is 5.90 Å². The third-order valence-corrected chi connectivity index (χ3v) is 5.08. The summed E-state index contributed by atoms with van der Waals surface area (Å²) in [5.74, 6) is 0.728. The highest BCUT2D eigenvalue weighted by molar-refractivity contribution is 5.98. The minimum absolute atomic E-state index is 0.00306. The summed E-state index contributed by atoms with van der Waals surface area (Å²) in [6.07, 6.45) is 1.79. The van der Waals surface area contributed by atoms with Crippen molar-refractivity contribution in [3.05, 3.63) is 93.4 Å². The molecule has 1 aromatic heterocycles. The Balaban J connectivity index is 1.60. The largest absolute Gasteiger partial charge is 0.475 e. The van der Waals surface area contributed by atoms with E-state index in [4.69, 9.17) is 9.73 Å². The molecule has 1 unspecified atom stereocenters. The molecule has 4 rings (SSSR count). The average molecular weight is 358 g/mol. The summed E-state index contributed by atoms with van der Waals surface area (Å²) >= 11 is 0. The van der Waals surface area contributed by atoms with E-state index in [9.17, 15) is 4.79 Å². The fraction of sp³-hybridized carbons (Fsp3) is 0.217. The van der Waals surface area contributed by atoms with E-state index in [0.29, 0.717) is 6.61 Å². The van der Waals surface area contributed by atoms with Crippen molar-refractivity contribution < 1.29 is 4.74 Å². The minimum atomic E-state index is -0.0105. The highest BCUT2D eigenvalue weighted by Gasteiger charge is 2.23. The van der Waals surface area contributed by atoms with Crippen LogP contribution in [0.3, 0.4) is 0 Å².